The molecule has 4 heterocycles. The van der Waals surface area contributed by atoms with Crippen molar-refractivity contribution in [1.82, 2.24) is 24.3 Å². The van der Waals surface area contributed by atoms with Crippen molar-refractivity contribution in [3.05, 3.63) is 54.4 Å². The SMILES string of the molecule is CC(C)N1CCN(C)[C@@](C)(c2ccc(-c3cc4c(N5CCN(C(=O)C6CC6)CC5)ccnn4c3)cc2)C1. The lowest BCUT2D eigenvalue weighted by atomic mass is 9.86. The van der Waals surface area contributed by atoms with Crippen LogP contribution in [0, 0.1) is 5.92 Å². The summed E-state index contributed by atoms with van der Waals surface area (Å²) in [5, 5.41) is 4.61. The maximum atomic E-state index is 12.5. The van der Waals surface area contributed by atoms with Crippen LogP contribution in [0.1, 0.15) is 39.2 Å². The Morgan fingerprint density at radius 3 is 2.38 bits per heavy atom. The molecule has 1 atom stereocenters. The fourth-order valence-electron chi connectivity index (χ4n) is 6.08. The highest BCUT2D eigenvalue weighted by molar-refractivity contribution is 5.82. The number of benzene rings is 1. The molecule has 1 aromatic carbocycles. The van der Waals surface area contributed by atoms with E-state index in [1.54, 1.807) is 0 Å². The highest BCUT2D eigenvalue weighted by atomic mass is 16.2. The summed E-state index contributed by atoms with van der Waals surface area (Å²) in [5.41, 5.74) is 6.08. The van der Waals surface area contributed by atoms with Gasteiger partial charge in [0.25, 0.3) is 0 Å². The number of aromatic nitrogens is 2. The minimum atomic E-state index is 0.00426. The summed E-state index contributed by atoms with van der Waals surface area (Å²) >= 11 is 0. The maximum Gasteiger partial charge on any atom is 0.225 e. The van der Waals surface area contributed by atoms with Crippen LogP contribution in [0.4, 0.5) is 5.69 Å². The molecule has 0 bridgehead atoms. The highest BCUT2D eigenvalue weighted by Crippen LogP contribution is 2.35. The molecule has 3 fully saturated rings. The average Bonchev–Trinajstić information content (AvgIpc) is 3.67. The molecule has 2 aromatic heterocycles. The molecule has 37 heavy (non-hydrogen) atoms. The summed E-state index contributed by atoms with van der Waals surface area (Å²) in [7, 11) is 2.25. The lowest BCUT2D eigenvalue weighted by molar-refractivity contribution is -0.132. The number of hydrogen-bond acceptors (Lipinski definition) is 5. The highest BCUT2D eigenvalue weighted by Gasteiger charge is 2.38. The van der Waals surface area contributed by atoms with E-state index in [0.29, 0.717) is 17.9 Å². The van der Waals surface area contributed by atoms with Crippen LogP contribution in [-0.2, 0) is 10.3 Å². The minimum Gasteiger partial charge on any atom is -0.366 e. The van der Waals surface area contributed by atoms with Crippen LogP contribution < -0.4 is 4.90 Å². The van der Waals surface area contributed by atoms with Crippen LogP contribution in [0.3, 0.4) is 0 Å². The third-order valence-electron chi connectivity index (χ3n) is 8.99. The Morgan fingerprint density at radius 1 is 0.973 bits per heavy atom. The van der Waals surface area contributed by atoms with E-state index >= 15 is 0 Å². The molecule has 0 unspecified atom stereocenters. The monoisotopic (exact) mass is 500 g/mol. The summed E-state index contributed by atoms with van der Waals surface area (Å²) in [4.78, 5) is 22.0. The smallest absolute Gasteiger partial charge is 0.225 e. The largest absolute Gasteiger partial charge is 0.366 e. The summed E-state index contributed by atoms with van der Waals surface area (Å²) in [6, 6.07) is 14.1. The quantitative estimate of drug-likeness (QED) is 0.531. The van der Waals surface area contributed by atoms with Gasteiger partial charge in [-0.15, -0.1) is 0 Å². The molecule has 1 amide bonds. The van der Waals surface area contributed by atoms with Crippen molar-refractivity contribution >= 4 is 17.1 Å². The number of carbonyl (C=O) groups is 1. The van der Waals surface area contributed by atoms with Gasteiger partial charge in [0.15, 0.2) is 0 Å². The molecule has 3 aromatic rings. The molecule has 6 rings (SSSR count). The molecule has 7 heteroatoms. The van der Waals surface area contributed by atoms with Crippen LogP contribution in [0.5, 0.6) is 0 Å². The van der Waals surface area contributed by atoms with Crippen molar-refractivity contribution in [3.63, 3.8) is 0 Å². The van der Waals surface area contributed by atoms with Crippen LogP contribution in [0.25, 0.3) is 16.6 Å². The molecule has 1 saturated carbocycles. The first-order chi connectivity index (χ1) is 17.8. The van der Waals surface area contributed by atoms with Gasteiger partial charge in [0, 0.05) is 75.7 Å². The fourth-order valence-corrected chi connectivity index (χ4v) is 6.08. The van der Waals surface area contributed by atoms with Gasteiger partial charge in [0.05, 0.1) is 16.7 Å². The van der Waals surface area contributed by atoms with Crippen molar-refractivity contribution in [1.29, 1.82) is 0 Å². The van der Waals surface area contributed by atoms with Gasteiger partial charge in [0.2, 0.25) is 5.91 Å². The van der Waals surface area contributed by atoms with Gasteiger partial charge < -0.3 is 9.80 Å². The lowest BCUT2D eigenvalue weighted by Crippen LogP contribution is -2.58. The molecule has 0 radical (unpaired) electrons. The zero-order chi connectivity index (χ0) is 25.7. The molecule has 3 aliphatic rings. The Balaban J connectivity index is 1.22. The number of carbonyl (C=O) groups excluding carboxylic acids is 1. The summed E-state index contributed by atoms with van der Waals surface area (Å²) < 4.78 is 2.00. The minimum absolute atomic E-state index is 0.00426. The van der Waals surface area contributed by atoms with Crippen LogP contribution in [0.15, 0.2) is 48.8 Å². The molecule has 2 saturated heterocycles. The first kappa shape index (κ1) is 24.4. The van der Waals surface area contributed by atoms with Gasteiger partial charge >= 0.3 is 0 Å². The molecule has 0 N–H and O–H groups in total. The number of nitrogens with zero attached hydrogens (tertiary/aromatic N) is 6. The van der Waals surface area contributed by atoms with Crippen molar-refractivity contribution < 1.29 is 4.79 Å². The second kappa shape index (κ2) is 9.44. The second-order valence-corrected chi connectivity index (χ2v) is 11.7. The van der Waals surface area contributed by atoms with Gasteiger partial charge in [-0.25, -0.2) is 4.52 Å². The molecule has 0 spiro atoms. The first-order valence-electron chi connectivity index (χ1n) is 13.9. The predicted molar refractivity (Wildman–Crippen MR) is 149 cm³/mol. The van der Waals surface area contributed by atoms with E-state index in [1.807, 2.05) is 10.7 Å². The summed E-state index contributed by atoms with van der Waals surface area (Å²) in [6.07, 6.45) is 6.17. The number of hydrogen-bond donors (Lipinski definition) is 0. The van der Waals surface area contributed by atoms with E-state index in [1.165, 1.54) is 22.4 Å². The van der Waals surface area contributed by atoms with Gasteiger partial charge in [-0.3, -0.25) is 14.6 Å². The van der Waals surface area contributed by atoms with Crippen molar-refractivity contribution in [3.8, 4) is 11.1 Å². The number of rotatable bonds is 5. The molecule has 196 valence electrons. The topological polar surface area (TPSA) is 47.3 Å². The normalized spacial score (nSPS) is 23.8. The number of fused-ring (bicyclic) bond motifs is 1. The molecular weight excluding hydrogens is 460 g/mol. The molecular formula is C30H40N6O. The number of anilines is 1. The average molecular weight is 501 g/mol. The second-order valence-electron chi connectivity index (χ2n) is 11.7. The van der Waals surface area contributed by atoms with Crippen molar-refractivity contribution in [2.75, 3.05) is 57.8 Å². The van der Waals surface area contributed by atoms with Gasteiger partial charge in [-0.1, -0.05) is 24.3 Å². The zero-order valence-corrected chi connectivity index (χ0v) is 22.7. The van der Waals surface area contributed by atoms with Crippen LogP contribution >= 0.6 is 0 Å². The predicted octanol–water partition coefficient (Wildman–Crippen LogP) is 3.93. The van der Waals surface area contributed by atoms with Gasteiger partial charge in [-0.05, 0) is 63.9 Å². The summed E-state index contributed by atoms with van der Waals surface area (Å²) in [6.45, 7) is 13.6. The van der Waals surface area contributed by atoms with E-state index in [2.05, 4.69) is 95.1 Å². The van der Waals surface area contributed by atoms with E-state index in [9.17, 15) is 4.79 Å². The number of likely N-dealkylation sites (N-methyl/N-ethyl adjacent to an activating group) is 1. The number of piperazine rings is 2. The maximum absolute atomic E-state index is 12.5. The molecule has 2 aliphatic heterocycles. The van der Waals surface area contributed by atoms with E-state index < -0.39 is 0 Å². The van der Waals surface area contributed by atoms with Gasteiger partial charge in [-0.2, -0.15) is 5.10 Å². The van der Waals surface area contributed by atoms with E-state index in [0.717, 1.165) is 64.2 Å². The standard InChI is InChI=1S/C30H40N6O/c1-22(2)35-14-13-32(4)30(3,21-35)26-9-7-23(8-10-26)25-19-28-27(11-12-31-36(28)20-25)33-15-17-34(18-16-33)29(37)24-5-6-24/h7-12,19-20,22,24H,5-6,13-18,21H2,1-4H3/t30-/m1/s1. The third-order valence-corrected chi connectivity index (χ3v) is 8.99. The Hall–Kier alpha value is -2.90. The van der Waals surface area contributed by atoms with Crippen molar-refractivity contribution in [2.24, 2.45) is 5.92 Å². The van der Waals surface area contributed by atoms with Crippen molar-refractivity contribution in [2.45, 2.75) is 45.2 Å². The lowest BCUT2D eigenvalue weighted by Gasteiger charge is -2.49. The molecule has 7 nitrogen and oxygen atoms in total. The summed E-state index contributed by atoms with van der Waals surface area (Å²) in [5.74, 6) is 0.659. The Bertz CT molecular complexity index is 1270. The zero-order valence-electron chi connectivity index (χ0n) is 22.7. The van der Waals surface area contributed by atoms with Crippen LogP contribution in [0.2, 0.25) is 0 Å². The number of amides is 1. The van der Waals surface area contributed by atoms with Crippen LogP contribution in [-0.4, -0.2) is 89.1 Å². The third kappa shape index (κ3) is 4.53. The van der Waals surface area contributed by atoms with Gasteiger partial charge in [0.1, 0.15) is 0 Å². The Kier molecular flexibility index (Phi) is 6.24. The fraction of sp³-hybridized carbons (Fsp3) is 0.533. The van der Waals surface area contributed by atoms with E-state index in [-0.39, 0.29) is 5.54 Å². The Labute approximate surface area is 220 Å². The first-order valence-corrected chi connectivity index (χ1v) is 13.9. The Morgan fingerprint density at radius 2 is 1.70 bits per heavy atom. The molecule has 1 aliphatic carbocycles. The van der Waals surface area contributed by atoms with E-state index in [4.69, 9.17) is 0 Å².